The SMILES string of the molecule is FC(F)(F)c1cc(N2CCCCC2)nc(NC(=S)NCC2(c3cccc(Cl)c3)CCOCC2)n1. The van der Waals surface area contributed by atoms with Gasteiger partial charge in [-0.1, -0.05) is 23.7 Å². The average molecular weight is 514 g/mol. The van der Waals surface area contributed by atoms with E-state index in [-0.39, 0.29) is 22.3 Å². The number of hydrogen-bond acceptors (Lipinski definition) is 5. The Morgan fingerprint density at radius 1 is 1.12 bits per heavy atom. The molecule has 2 aliphatic rings. The van der Waals surface area contributed by atoms with Gasteiger partial charge in [-0.05, 0) is 62.0 Å². The quantitative estimate of drug-likeness (QED) is 0.534. The fourth-order valence-corrected chi connectivity index (χ4v) is 4.82. The molecule has 2 N–H and O–H groups in total. The molecule has 34 heavy (non-hydrogen) atoms. The molecule has 2 saturated heterocycles. The van der Waals surface area contributed by atoms with Crippen LogP contribution in [0.15, 0.2) is 30.3 Å². The number of rotatable bonds is 5. The van der Waals surface area contributed by atoms with Gasteiger partial charge in [0.15, 0.2) is 10.8 Å². The highest BCUT2D eigenvalue weighted by Crippen LogP contribution is 2.35. The zero-order valence-electron chi connectivity index (χ0n) is 18.6. The molecule has 0 saturated carbocycles. The Morgan fingerprint density at radius 2 is 1.85 bits per heavy atom. The smallest absolute Gasteiger partial charge is 0.381 e. The van der Waals surface area contributed by atoms with Crippen molar-refractivity contribution in [3.63, 3.8) is 0 Å². The number of thiocarbonyl (C=S) groups is 1. The lowest BCUT2D eigenvalue weighted by molar-refractivity contribution is -0.141. The first-order valence-corrected chi connectivity index (χ1v) is 12.1. The van der Waals surface area contributed by atoms with E-state index in [1.165, 1.54) is 0 Å². The minimum atomic E-state index is -4.59. The molecule has 0 amide bonds. The van der Waals surface area contributed by atoms with Gasteiger partial charge in [-0.2, -0.15) is 18.2 Å². The van der Waals surface area contributed by atoms with Crippen molar-refractivity contribution < 1.29 is 17.9 Å². The fourth-order valence-electron chi connectivity index (χ4n) is 4.46. The van der Waals surface area contributed by atoms with E-state index in [0.29, 0.717) is 37.9 Å². The molecule has 2 aliphatic heterocycles. The summed E-state index contributed by atoms with van der Waals surface area (Å²) in [4.78, 5) is 9.87. The summed E-state index contributed by atoms with van der Waals surface area (Å²) < 4.78 is 46.1. The summed E-state index contributed by atoms with van der Waals surface area (Å²) in [5, 5.41) is 6.74. The van der Waals surface area contributed by atoms with Crippen molar-refractivity contribution in [2.45, 2.75) is 43.7 Å². The normalized spacial score (nSPS) is 18.4. The molecular formula is C23H27ClF3N5OS. The molecule has 0 radical (unpaired) electrons. The van der Waals surface area contributed by atoms with Crippen molar-refractivity contribution in [3.05, 3.63) is 46.6 Å². The summed E-state index contributed by atoms with van der Waals surface area (Å²) >= 11 is 11.6. The standard InChI is InChI=1S/C23H27ClF3N5OS/c24-17-6-4-5-16(13-17)22(7-11-33-12-8-22)15-28-21(34)31-20-29-18(23(25,26)27)14-19(30-20)32-9-2-1-3-10-32/h4-6,13-14H,1-3,7-12,15H2,(H2,28,29,30,31,34). The maximum Gasteiger partial charge on any atom is 0.433 e. The van der Waals surface area contributed by atoms with E-state index in [1.54, 1.807) is 0 Å². The Kier molecular flexibility index (Phi) is 7.79. The number of nitrogens with zero attached hydrogens (tertiary/aromatic N) is 3. The molecule has 11 heteroatoms. The number of halogens is 4. The van der Waals surface area contributed by atoms with E-state index >= 15 is 0 Å². The molecular weight excluding hydrogens is 487 g/mol. The van der Waals surface area contributed by atoms with Gasteiger partial charge < -0.3 is 20.3 Å². The largest absolute Gasteiger partial charge is 0.433 e. The Balaban J connectivity index is 1.50. The summed E-state index contributed by atoms with van der Waals surface area (Å²) in [6.07, 6.45) is -0.152. The third-order valence-electron chi connectivity index (χ3n) is 6.38. The van der Waals surface area contributed by atoms with Gasteiger partial charge in [0.2, 0.25) is 5.95 Å². The van der Waals surface area contributed by atoms with Crippen LogP contribution in [0.3, 0.4) is 0 Å². The van der Waals surface area contributed by atoms with Gasteiger partial charge in [0.05, 0.1) is 0 Å². The zero-order valence-corrected chi connectivity index (χ0v) is 20.2. The molecule has 0 unspecified atom stereocenters. The van der Waals surface area contributed by atoms with Crippen LogP contribution in [0.4, 0.5) is 24.9 Å². The predicted octanol–water partition coefficient (Wildman–Crippen LogP) is 5.17. The molecule has 0 bridgehead atoms. The lowest BCUT2D eigenvalue weighted by Gasteiger charge is -2.38. The van der Waals surface area contributed by atoms with E-state index in [9.17, 15) is 13.2 Å². The van der Waals surface area contributed by atoms with Gasteiger partial charge in [-0.15, -0.1) is 0 Å². The number of benzene rings is 1. The zero-order chi connectivity index (χ0) is 24.2. The third-order valence-corrected chi connectivity index (χ3v) is 6.86. The minimum Gasteiger partial charge on any atom is -0.381 e. The number of aromatic nitrogens is 2. The van der Waals surface area contributed by atoms with Crippen LogP contribution in [-0.2, 0) is 16.3 Å². The van der Waals surface area contributed by atoms with Crippen molar-refractivity contribution in [3.8, 4) is 0 Å². The molecule has 1 aromatic heterocycles. The number of alkyl halides is 3. The first kappa shape index (κ1) is 24.9. The Hall–Kier alpha value is -2.17. The lowest BCUT2D eigenvalue weighted by Crippen LogP contribution is -2.45. The van der Waals surface area contributed by atoms with Crippen LogP contribution in [0.25, 0.3) is 0 Å². The molecule has 0 atom stereocenters. The molecule has 6 nitrogen and oxygen atoms in total. The maximum absolute atomic E-state index is 13.5. The van der Waals surface area contributed by atoms with Gasteiger partial charge >= 0.3 is 6.18 Å². The van der Waals surface area contributed by atoms with E-state index in [0.717, 1.165) is 43.7 Å². The van der Waals surface area contributed by atoms with Crippen LogP contribution in [-0.4, -0.2) is 47.9 Å². The highest BCUT2D eigenvalue weighted by molar-refractivity contribution is 7.80. The van der Waals surface area contributed by atoms with Crippen molar-refractivity contribution in [2.75, 3.05) is 43.1 Å². The topological polar surface area (TPSA) is 62.3 Å². The van der Waals surface area contributed by atoms with Crippen LogP contribution < -0.4 is 15.5 Å². The van der Waals surface area contributed by atoms with Crippen LogP contribution in [0.1, 0.15) is 43.4 Å². The second-order valence-electron chi connectivity index (χ2n) is 8.69. The average Bonchev–Trinajstić information content (AvgIpc) is 2.83. The van der Waals surface area contributed by atoms with Crippen molar-refractivity contribution in [2.24, 2.45) is 0 Å². The number of hydrogen-bond donors (Lipinski definition) is 2. The molecule has 2 fully saturated rings. The van der Waals surface area contributed by atoms with Crippen LogP contribution >= 0.6 is 23.8 Å². The van der Waals surface area contributed by atoms with Gasteiger partial charge in [-0.25, -0.2) is 4.98 Å². The number of piperidine rings is 1. The van der Waals surface area contributed by atoms with E-state index < -0.39 is 11.9 Å². The van der Waals surface area contributed by atoms with Crippen molar-refractivity contribution in [1.82, 2.24) is 15.3 Å². The monoisotopic (exact) mass is 513 g/mol. The van der Waals surface area contributed by atoms with E-state index in [1.807, 2.05) is 29.2 Å². The maximum atomic E-state index is 13.5. The Labute approximate surface area is 207 Å². The molecule has 1 aromatic carbocycles. The number of anilines is 2. The molecule has 3 heterocycles. The minimum absolute atomic E-state index is 0.164. The summed E-state index contributed by atoms with van der Waals surface area (Å²) in [7, 11) is 0. The second-order valence-corrected chi connectivity index (χ2v) is 9.54. The van der Waals surface area contributed by atoms with Gasteiger partial charge in [0.1, 0.15) is 5.82 Å². The predicted molar refractivity (Wildman–Crippen MR) is 131 cm³/mol. The fraction of sp³-hybridized carbons (Fsp3) is 0.522. The number of nitrogens with one attached hydrogen (secondary N) is 2. The van der Waals surface area contributed by atoms with Gasteiger partial charge in [-0.3, -0.25) is 0 Å². The highest BCUT2D eigenvalue weighted by atomic mass is 35.5. The first-order valence-electron chi connectivity index (χ1n) is 11.4. The molecule has 4 rings (SSSR count). The van der Waals surface area contributed by atoms with Crippen molar-refractivity contribution >= 4 is 40.7 Å². The summed E-state index contributed by atoms with van der Waals surface area (Å²) in [6, 6.07) is 8.69. The van der Waals surface area contributed by atoms with E-state index in [2.05, 4.69) is 20.6 Å². The summed E-state index contributed by atoms with van der Waals surface area (Å²) in [6.45, 7) is 3.01. The van der Waals surface area contributed by atoms with E-state index in [4.69, 9.17) is 28.6 Å². The number of ether oxygens (including phenoxy) is 1. The molecule has 2 aromatic rings. The Morgan fingerprint density at radius 3 is 2.53 bits per heavy atom. The van der Waals surface area contributed by atoms with Gasteiger partial charge in [0, 0.05) is 49.4 Å². The van der Waals surface area contributed by atoms with Crippen LogP contribution in [0, 0.1) is 0 Å². The van der Waals surface area contributed by atoms with Crippen LogP contribution in [0.5, 0.6) is 0 Å². The molecule has 184 valence electrons. The second kappa shape index (κ2) is 10.6. The van der Waals surface area contributed by atoms with Crippen molar-refractivity contribution in [1.29, 1.82) is 0 Å². The summed E-state index contributed by atoms with van der Waals surface area (Å²) in [5.74, 6) is 0.0869. The molecule has 0 aliphatic carbocycles. The lowest BCUT2D eigenvalue weighted by atomic mass is 9.74. The Bertz CT molecular complexity index is 1010. The van der Waals surface area contributed by atoms with Gasteiger partial charge in [0.25, 0.3) is 0 Å². The highest BCUT2D eigenvalue weighted by Gasteiger charge is 2.36. The first-order chi connectivity index (χ1) is 16.2. The summed E-state index contributed by atoms with van der Waals surface area (Å²) in [5.41, 5.74) is -0.183. The third kappa shape index (κ3) is 6.09. The molecule has 0 spiro atoms. The van der Waals surface area contributed by atoms with Crippen LogP contribution in [0.2, 0.25) is 5.02 Å².